The highest BCUT2D eigenvalue weighted by Crippen LogP contribution is 2.21. The first-order valence-corrected chi connectivity index (χ1v) is 7.34. The second-order valence-corrected chi connectivity index (χ2v) is 5.98. The Kier molecular flexibility index (Phi) is 5.20. The zero-order valence-electron chi connectivity index (χ0n) is 12.8. The molecule has 21 heavy (non-hydrogen) atoms. The standard InChI is InChI=1S/C16H24N2O3/c1-16(2)13-17(8-9-18(16)10-11-19)15(20)21-12-14-6-4-3-5-7-14/h3-7,19H,8-13H2,1-2H3. The molecule has 2 rings (SSSR count). The smallest absolute Gasteiger partial charge is 0.410 e. The van der Waals surface area contributed by atoms with Crippen molar-refractivity contribution >= 4 is 6.09 Å². The maximum atomic E-state index is 12.2. The number of hydrogen-bond acceptors (Lipinski definition) is 4. The van der Waals surface area contributed by atoms with Crippen molar-refractivity contribution in [3.8, 4) is 0 Å². The first kappa shape index (κ1) is 15.8. The summed E-state index contributed by atoms with van der Waals surface area (Å²) in [6.45, 7) is 7.25. The zero-order valence-corrected chi connectivity index (χ0v) is 12.8. The molecule has 116 valence electrons. The van der Waals surface area contributed by atoms with Gasteiger partial charge in [-0.05, 0) is 19.4 Å². The number of nitrogens with zero attached hydrogens (tertiary/aromatic N) is 2. The first-order chi connectivity index (χ1) is 10.0. The monoisotopic (exact) mass is 292 g/mol. The molecule has 0 bridgehead atoms. The fourth-order valence-corrected chi connectivity index (χ4v) is 2.69. The number of aliphatic hydroxyl groups excluding tert-OH is 1. The normalized spacial score (nSPS) is 18.5. The van der Waals surface area contributed by atoms with E-state index in [4.69, 9.17) is 9.84 Å². The van der Waals surface area contributed by atoms with E-state index >= 15 is 0 Å². The number of ether oxygens (including phenoxy) is 1. The second-order valence-electron chi connectivity index (χ2n) is 5.98. The first-order valence-electron chi connectivity index (χ1n) is 7.34. The van der Waals surface area contributed by atoms with Crippen molar-refractivity contribution in [3.63, 3.8) is 0 Å². The molecule has 1 aliphatic heterocycles. The highest BCUT2D eigenvalue weighted by atomic mass is 16.6. The van der Waals surface area contributed by atoms with Crippen LogP contribution in [0.25, 0.3) is 0 Å². The molecule has 0 aromatic heterocycles. The average Bonchev–Trinajstić information content (AvgIpc) is 2.47. The highest BCUT2D eigenvalue weighted by Gasteiger charge is 2.35. The zero-order chi connectivity index (χ0) is 15.3. The van der Waals surface area contributed by atoms with Crippen LogP contribution in [0.5, 0.6) is 0 Å². The van der Waals surface area contributed by atoms with Crippen LogP contribution in [0.2, 0.25) is 0 Å². The Bertz CT molecular complexity index is 462. The molecule has 0 spiro atoms. The van der Waals surface area contributed by atoms with E-state index in [-0.39, 0.29) is 18.2 Å². The summed E-state index contributed by atoms with van der Waals surface area (Å²) >= 11 is 0. The van der Waals surface area contributed by atoms with Gasteiger partial charge in [0.25, 0.3) is 0 Å². The van der Waals surface area contributed by atoms with E-state index in [1.807, 2.05) is 30.3 Å². The van der Waals surface area contributed by atoms with Gasteiger partial charge in [0, 0.05) is 31.7 Å². The predicted molar refractivity (Wildman–Crippen MR) is 80.9 cm³/mol. The number of carbonyl (C=O) groups is 1. The summed E-state index contributed by atoms with van der Waals surface area (Å²) in [7, 11) is 0. The lowest BCUT2D eigenvalue weighted by molar-refractivity contribution is 0.00407. The van der Waals surface area contributed by atoms with Gasteiger partial charge in [0.2, 0.25) is 0 Å². The van der Waals surface area contributed by atoms with Gasteiger partial charge in [-0.15, -0.1) is 0 Å². The van der Waals surface area contributed by atoms with Gasteiger partial charge >= 0.3 is 6.09 Å². The number of β-amino-alcohol motifs (C(OH)–C–C–N with tert-alkyl or cyclic N) is 1. The van der Waals surface area contributed by atoms with E-state index in [0.29, 0.717) is 26.2 Å². The molecule has 1 aromatic carbocycles. The SMILES string of the molecule is CC1(C)CN(C(=O)OCc2ccccc2)CCN1CCO. The fraction of sp³-hybridized carbons (Fsp3) is 0.562. The number of aliphatic hydroxyl groups is 1. The molecule has 1 fully saturated rings. The van der Waals surface area contributed by atoms with E-state index < -0.39 is 0 Å². The van der Waals surface area contributed by atoms with Crippen LogP contribution in [-0.4, -0.2) is 59.3 Å². The highest BCUT2D eigenvalue weighted by molar-refractivity contribution is 5.68. The average molecular weight is 292 g/mol. The van der Waals surface area contributed by atoms with Crippen LogP contribution in [0.1, 0.15) is 19.4 Å². The van der Waals surface area contributed by atoms with Crippen molar-refractivity contribution < 1.29 is 14.6 Å². The van der Waals surface area contributed by atoms with Gasteiger partial charge in [-0.25, -0.2) is 4.79 Å². The number of rotatable bonds is 4. The summed E-state index contributed by atoms with van der Waals surface area (Å²) < 4.78 is 5.38. The van der Waals surface area contributed by atoms with Gasteiger partial charge in [0.1, 0.15) is 6.61 Å². The van der Waals surface area contributed by atoms with Crippen molar-refractivity contribution in [1.82, 2.24) is 9.80 Å². The molecule has 0 saturated carbocycles. The van der Waals surface area contributed by atoms with E-state index in [9.17, 15) is 4.79 Å². The van der Waals surface area contributed by atoms with Crippen LogP contribution in [0.4, 0.5) is 4.79 Å². The van der Waals surface area contributed by atoms with Gasteiger partial charge in [0.15, 0.2) is 0 Å². The van der Waals surface area contributed by atoms with Gasteiger partial charge in [0.05, 0.1) is 6.61 Å². The Morgan fingerprint density at radius 3 is 2.62 bits per heavy atom. The van der Waals surface area contributed by atoms with Crippen molar-refractivity contribution in [2.75, 3.05) is 32.8 Å². The van der Waals surface area contributed by atoms with Crippen molar-refractivity contribution in [1.29, 1.82) is 0 Å². The van der Waals surface area contributed by atoms with Gasteiger partial charge in [-0.3, -0.25) is 4.90 Å². The van der Waals surface area contributed by atoms with Crippen LogP contribution in [0.3, 0.4) is 0 Å². The molecule has 0 atom stereocenters. The van der Waals surface area contributed by atoms with Crippen LogP contribution in [-0.2, 0) is 11.3 Å². The molecule has 0 unspecified atom stereocenters. The van der Waals surface area contributed by atoms with Gasteiger partial charge in [-0.2, -0.15) is 0 Å². The second kappa shape index (κ2) is 6.91. The van der Waals surface area contributed by atoms with E-state index in [1.54, 1.807) is 4.90 Å². The Morgan fingerprint density at radius 2 is 2.00 bits per heavy atom. The molecule has 5 nitrogen and oxygen atoms in total. The third kappa shape index (κ3) is 4.19. The number of hydrogen-bond donors (Lipinski definition) is 1. The summed E-state index contributed by atoms with van der Waals surface area (Å²) in [5, 5.41) is 9.09. The molecule has 1 saturated heterocycles. The van der Waals surface area contributed by atoms with Gasteiger partial charge < -0.3 is 14.7 Å². The van der Waals surface area contributed by atoms with Crippen LogP contribution in [0.15, 0.2) is 30.3 Å². The lowest BCUT2D eigenvalue weighted by Gasteiger charge is -2.46. The minimum atomic E-state index is -0.268. The summed E-state index contributed by atoms with van der Waals surface area (Å²) in [4.78, 5) is 16.1. The van der Waals surface area contributed by atoms with E-state index in [0.717, 1.165) is 12.1 Å². The molecule has 1 amide bonds. The quantitative estimate of drug-likeness (QED) is 0.918. The number of amides is 1. The Balaban J connectivity index is 1.86. The van der Waals surface area contributed by atoms with Crippen LogP contribution < -0.4 is 0 Å². The summed E-state index contributed by atoms with van der Waals surface area (Å²) in [5.41, 5.74) is 0.844. The third-order valence-corrected chi connectivity index (χ3v) is 3.91. The molecule has 5 heteroatoms. The number of benzene rings is 1. The molecule has 1 heterocycles. The summed E-state index contributed by atoms with van der Waals surface area (Å²) in [5.74, 6) is 0. The molecule has 1 aliphatic rings. The minimum Gasteiger partial charge on any atom is -0.445 e. The minimum absolute atomic E-state index is 0.141. The van der Waals surface area contributed by atoms with Crippen molar-refractivity contribution in [2.24, 2.45) is 0 Å². The molecular weight excluding hydrogens is 268 g/mol. The van der Waals surface area contributed by atoms with E-state index in [2.05, 4.69) is 18.7 Å². The van der Waals surface area contributed by atoms with Gasteiger partial charge in [-0.1, -0.05) is 30.3 Å². The Hall–Kier alpha value is -1.59. The molecule has 0 radical (unpaired) electrons. The largest absolute Gasteiger partial charge is 0.445 e. The molecule has 0 aliphatic carbocycles. The van der Waals surface area contributed by atoms with Crippen LogP contribution in [0, 0.1) is 0 Å². The van der Waals surface area contributed by atoms with Crippen molar-refractivity contribution in [3.05, 3.63) is 35.9 Å². The number of piperazine rings is 1. The number of carbonyl (C=O) groups excluding carboxylic acids is 1. The molecule has 1 N–H and O–H groups in total. The summed E-state index contributed by atoms with van der Waals surface area (Å²) in [6.07, 6.45) is -0.268. The maximum Gasteiger partial charge on any atom is 0.410 e. The lowest BCUT2D eigenvalue weighted by atomic mass is 9.99. The maximum absolute atomic E-state index is 12.2. The Morgan fingerprint density at radius 1 is 1.29 bits per heavy atom. The van der Waals surface area contributed by atoms with Crippen molar-refractivity contribution in [2.45, 2.75) is 26.0 Å². The third-order valence-electron chi connectivity index (χ3n) is 3.91. The molecular formula is C16H24N2O3. The Labute approximate surface area is 126 Å². The summed E-state index contributed by atoms with van der Waals surface area (Å²) in [6, 6.07) is 9.68. The predicted octanol–water partition coefficient (Wildman–Crippen LogP) is 1.71. The fourth-order valence-electron chi connectivity index (χ4n) is 2.69. The lowest BCUT2D eigenvalue weighted by Crippen LogP contribution is -2.60. The molecule has 1 aromatic rings. The topological polar surface area (TPSA) is 53.0 Å². The van der Waals surface area contributed by atoms with E-state index in [1.165, 1.54) is 0 Å². The van der Waals surface area contributed by atoms with Crippen LogP contribution >= 0.6 is 0 Å².